The van der Waals surface area contributed by atoms with Gasteiger partial charge in [-0.25, -0.2) is 4.39 Å². The summed E-state index contributed by atoms with van der Waals surface area (Å²) in [4.78, 5) is 15.1. The van der Waals surface area contributed by atoms with Crippen LogP contribution in [0.1, 0.15) is 12.0 Å². The Morgan fingerprint density at radius 3 is 2.65 bits per heavy atom. The normalized spacial score (nSPS) is 12.1. The molecule has 0 fully saturated rings. The number of pyridine rings is 1. The third-order valence-corrected chi connectivity index (χ3v) is 4.16. The van der Waals surface area contributed by atoms with Crippen molar-refractivity contribution in [2.75, 3.05) is 12.0 Å². The Morgan fingerprint density at radius 1 is 1.30 bits per heavy atom. The highest BCUT2D eigenvalue weighted by atomic mass is 32.2. The number of nitrogens with zero attached hydrogens (tertiary/aromatic N) is 1. The van der Waals surface area contributed by atoms with Crippen LogP contribution in [0.2, 0.25) is 0 Å². The molecule has 0 unspecified atom stereocenters. The lowest BCUT2D eigenvalue weighted by Gasteiger charge is -2.14. The largest absolute Gasteiger partial charge is 0.480 e. The molecular formula is C17H19FN2O2S. The fraction of sp³-hybridized carbons (Fsp3) is 0.294. The van der Waals surface area contributed by atoms with Crippen molar-refractivity contribution in [1.82, 2.24) is 10.3 Å². The van der Waals surface area contributed by atoms with Crippen LogP contribution in [0.3, 0.4) is 0 Å². The van der Waals surface area contributed by atoms with Crippen molar-refractivity contribution in [3.63, 3.8) is 0 Å². The van der Waals surface area contributed by atoms with E-state index in [-0.39, 0.29) is 12.4 Å². The van der Waals surface area contributed by atoms with Gasteiger partial charge in [-0.3, -0.25) is 9.78 Å². The first-order chi connectivity index (χ1) is 11.1. The van der Waals surface area contributed by atoms with E-state index in [1.54, 1.807) is 30.2 Å². The van der Waals surface area contributed by atoms with Gasteiger partial charge in [0, 0.05) is 24.5 Å². The molecule has 0 aliphatic rings. The number of aromatic nitrogens is 1. The molecule has 0 aliphatic heterocycles. The lowest BCUT2D eigenvalue weighted by atomic mass is 10.0. The number of hydrogen-bond donors (Lipinski definition) is 2. The van der Waals surface area contributed by atoms with Crippen LogP contribution in [0.25, 0.3) is 11.1 Å². The highest BCUT2D eigenvalue weighted by Crippen LogP contribution is 2.21. The molecule has 4 nitrogen and oxygen atoms in total. The van der Waals surface area contributed by atoms with Gasteiger partial charge in [0.25, 0.3) is 0 Å². The fourth-order valence-corrected chi connectivity index (χ4v) is 2.67. The summed E-state index contributed by atoms with van der Waals surface area (Å²) in [5.74, 6) is -0.512. The number of benzene rings is 1. The van der Waals surface area contributed by atoms with Gasteiger partial charge in [-0.2, -0.15) is 11.8 Å². The van der Waals surface area contributed by atoms with Crippen molar-refractivity contribution >= 4 is 17.7 Å². The van der Waals surface area contributed by atoms with Crippen molar-refractivity contribution in [2.24, 2.45) is 0 Å². The highest BCUT2D eigenvalue weighted by Gasteiger charge is 2.16. The quantitative estimate of drug-likeness (QED) is 0.776. The maximum absolute atomic E-state index is 14.2. The van der Waals surface area contributed by atoms with E-state index in [1.807, 2.05) is 24.5 Å². The third-order valence-electron chi connectivity index (χ3n) is 3.51. The molecule has 0 bridgehead atoms. The molecule has 2 rings (SSSR count). The number of carboxylic acid groups (broad SMARTS) is 1. The minimum Gasteiger partial charge on any atom is -0.480 e. The molecule has 23 heavy (non-hydrogen) atoms. The van der Waals surface area contributed by atoms with E-state index in [1.165, 1.54) is 6.07 Å². The summed E-state index contributed by atoms with van der Waals surface area (Å²) in [5.41, 5.74) is 2.12. The predicted octanol–water partition coefficient (Wildman–Crippen LogP) is 3.18. The second-order valence-corrected chi connectivity index (χ2v) is 6.08. The Bertz CT molecular complexity index is 652. The zero-order valence-corrected chi connectivity index (χ0v) is 13.6. The van der Waals surface area contributed by atoms with Gasteiger partial charge in [-0.1, -0.05) is 12.1 Å². The summed E-state index contributed by atoms with van der Waals surface area (Å²) in [6.45, 7) is 0.188. The molecule has 0 amide bonds. The van der Waals surface area contributed by atoms with Gasteiger partial charge in [0.05, 0.1) is 0 Å². The smallest absolute Gasteiger partial charge is 0.320 e. The van der Waals surface area contributed by atoms with Gasteiger partial charge in [-0.05, 0) is 47.8 Å². The molecule has 1 atom stereocenters. The molecule has 2 aromatic rings. The second-order valence-electron chi connectivity index (χ2n) is 5.10. The number of halogens is 1. The van der Waals surface area contributed by atoms with Crippen LogP contribution in [-0.4, -0.2) is 34.1 Å². The minimum atomic E-state index is -0.909. The highest BCUT2D eigenvalue weighted by molar-refractivity contribution is 7.98. The number of aliphatic carboxylic acids is 1. The summed E-state index contributed by atoms with van der Waals surface area (Å²) in [7, 11) is 0. The van der Waals surface area contributed by atoms with Crippen LogP contribution < -0.4 is 5.32 Å². The van der Waals surface area contributed by atoms with Gasteiger partial charge in [0.1, 0.15) is 11.9 Å². The molecule has 1 aromatic heterocycles. The molecule has 0 spiro atoms. The van der Waals surface area contributed by atoms with Crippen molar-refractivity contribution < 1.29 is 14.3 Å². The monoisotopic (exact) mass is 334 g/mol. The second kappa shape index (κ2) is 8.64. The van der Waals surface area contributed by atoms with Gasteiger partial charge < -0.3 is 10.4 Å². The Balaban J connectivity index is 2.05. The first kappa shape index (κ1) is 17.4. The molecule has 0 saturated carbocycles. The first-order valence-electron chi connectivity index (χ1n) is 7.25. The van der Waals surface area contributed by atoms with Gasteiger partial charge >= 0.3 is 5.97 Å². The zero-order chi connectivity index (χ0) is 16.7. The maximum Gasteiger partial charge on any atom is 0.320 e. The van der Waals surface area contributed by atoms with E-state index in [4.69, 9.17) is 5.11 Å². The summed E-state index contributed by atoms with van der Waals surface area (Å²) < 4.78 is 14.2. The topological polar surface area (TPSA) is 62.2 Å². The van der Waals surface area contributed by atoms with Crippen LogP contribution in [0.5, 0.6) is 0 Å². The lowest BCUT2D eigenvalue weighted by molar-refractivity contribution is -0.139. The number of carboxylic acids is 1. The molecule has 2 N–H and O–H groups in total. The Hall–Kier alpha value is -1.92. The van der Waals surface area contributed by atoms with E-state index in [9.17, 15) is 9.18 Å². The fourth-order valence-electron chi connectivity index (χ4n) is 2.20. The molecule has 1 heterocycles. The Labute approximate surface area is 139 Å². The first-order valence-corrected chi connectivity index (χ1v) is 8.65. The van der Waals surface area contributed by atoms with Crippen LogP contribution in [0.4, 0.5) is 4.39 Å². The number of nitrogens with one attached hydrogen (secondary N) is 1. The molecule has 6 heteroatoms. The van der Waals surface area contributed by atoms with Crippen LogP contribution in [0.15, 0.2) is 42.7 Å². The average molecular weight is 334 g/mol. The molecule has 0 aliphatic carbocycles. The zero-order valence-electron chi connectivity index (χ0n) is 12.8. The standard InChI is InChI=1S/C17H19FN2O2S/c1-23-9-6-16(17(21)22)20-11-14-3-2-13(10-15(14)18)12-4-7-19-8-5-12/h2-5,7-8,10,16,20H,6,9,11H2,1H3,(H,21,22)/t16-/m0/s1. The van der Waals surface area contributed by atoms with Crippen molar-refractivity contribution in [1.29, 1.82) is 0 Å². The summed E-state index contributed by atoms with van der Waals surface area (Å²) >= 11 is 1.59. The van der Waals surface area contributed by atoms with Crippen LogP contribution >= 0.6 is 11.8 Å². The van der Waals surface area contributed by atoms with Crippen molar-refractivity contribution in [3.05, 3.63) is 54.1 Å². The number of hydrogen-bond acceptors (Lipinski definition) is 4. The maximum atomic E-state index is 14.2. The van der Waals surface area contributed by atoms with Gasteiger partial charge in [0.2, 0.25) is 0 Å². The van der Waals surface area contributed by atoms with Crippen molar-refractivity contribution in [3.8, 4) is 11.1 Å². The Morgan fingerprint density at radius 2 is 2.04 bits per heavy atom. The molecule has 0 radical (unpaired) electrons. The van der Waals surface area contributed by atoms with Crippen LogP contribution in [-0.2, 0) is 11.3 Å². The average Bonchev–Trinajstić information content (AvgIpc) is 2.56. The van der Waals surface area contributed by atoms with E-state index < -0.39 is 12.0 Å². The van der Waals surface area contributed by atoms with Gasteiger partial charge in [-0.15, -0.1) is 0 Å². The SMILES string of the molecule is CSCC[C@H](NCc1ccc(-c2ccncc2)cc1F)C(=O)O. The van der Waals surface area contributed by atoms with E-state index in [2.05, 4.69) is 10.3 Å². The van der Waals surface area contributed by atoms with E-state index in [0.717, 1.165) is 16.9 Å². The van der Waals surface area contributed by atoms with Gasteiger partial charge in [0.15, 0.2) is 0 Å². The summed E-state index contributed by atoms with van der Waals surface area (Å²) in [5, 5.41) is 12.1. The van der Waals surface area contributed by atoms with Crippen LogP contribution in [0, 0.1) is 5.82 Å². The Kier molecular flexibility index (Phi) is 6.55. The third kappa shape index (κ3) is 5.04. The molecule has 1 aromatic carbocycles. The number of carbonyl (C=O) groups is 1. The number of rotatable bonds is 8. The minimum absolute atomic E-state index is 0.188. The lowest BCUT2D eigenvalue weighted by Crippen LogP contribution is -2.36. The molecular weight excluding hydrogens is 315 g/mol. The molecule has 0 saturated heterocycles. The summed E-state index contributed by atoms with van der Waals surface area (Å²) in [6, 6.07) is 7.94. The van der Waals surface area contributed by atoms with Crippen molar-refractivity contribution in [2.45, 2.75) is 19.0 Å². The van der Waals surface area contributed by atoms with E-state index in [0.29, 0.717) is 12.0 Å². The summed E-state index contributed by atoms with van der Waals surface area (Å²) in [6.07, 6.45) is 5.75. The van der Waals surface area contributed by atoms with E-state index >= 15 is 0 Å². The predicted molar refractivity (Wildman–Crippen MR) is 90.9 cm³/mol. The number of thioether (sulfide) groups is 1. The molecule has 122 valence electrons.